The fourth-order valence-corrected chi connectivity index (χ4v) is 1.92. The molecule has 0 spiro atoms. The number of rotatable bonds is 7. The molecule has 0 aromatic heterocycles. The third-order valence-electron chi connectivity index (χ3n) is 2.86. The molecule has 1 aliphatic rings. The average Bonchev–Trinajstić information content (AvgIpc) is 3.18. The Balaban J connectivity index is 2.18. The van der Waals surface area contributed by atoms with Crippen LogP contribution in [0, 0.1) is 5.82 Å². The molecule has 1 aromatic carbocycles. The first-order chi connectivity index (χ1) is 9.58. The summed E-state index contributed by atoms with van der Waals surface area (Å²) in [5, 5.41) is 11.2. The third-order valence-corrected chi connectivity index (χ3v) is 2.86. The van der Waals surface area contributed by atoms with Gasteiger partial charge in [-0.3, -0.25) is 0 Å². The number of epoxide rings is 1. The van der Waals surface area contributed by atoms with Crippen LogP contribution in [0.4, 0.5) is 9.18 Å². The number of carboxylic acid groups (broad SMARTS) is 1. The smallest absolute Gasteiger partial charge is 0.405 e. The summed E-state index contributed by atoms with van der Waals surface area (Å²) >= 11 is 0. The number of hydrogen-bond acceptors (Lipinski definition) is 3. The largest absolute Gasteiger partial charge is 0.489 e. The van der Waals surface area contributed by atoms with Crippen molar-refractivity contribution in [2.45, 2.75) is 18.6 Å². The highest BCUT2D eigenvalue weighted by Gasteiger charge is 2.28. The zero-order valence-electron chi connectivity index (χ0n) is 10.8. The topological polar surface area (TPSA) is 71.1 Å². The van der Waals surface area contributed by atoms with Gasteiger partial charge in [0.2, 0.25) is 0 Å². The van der Waals surface area contributed by atoms with Gasteiger partial charge >= 0.3 is 6.09 Å². The van der Waals surface area contributed by atoms with Crippen molar-refractivity contribution < 1.29 is 23.8 Å². The maximum Gasteiger partial charge on any atom is 0.405 e. The molecular formula is C14H16FNO4. The van der Waals surface area contributed by atoms with Crippen molar-refractivity contribution in [2.24, 2.45) is 0 Å². The van der Waals surface area contributed by atoms with Crippen molar-refractivity contribution >= 4 is 6.09 Å². The second-order valence-electron chi connectivity index (χ2n) is 4.51. The van der Waals surface area contributed by atoms with Gasteiger partial charge in [0.1, 0.15) is 18.2 Å². The summed E-state index contributed by atoms with van der Waals surface area (Å²) in [5.41, 5.74) is 0.516. The van der Waals surface area contributed by atoms with E-state index in [4.69, 9.17) is 14.6 Å². The summed E-state index contributed by atoms with van der Waals surface area (Å²) in [6, 6.07) is 3.64. The van der Waals surface area contributed by atoms with E-state index in [9.17, 15) is 9.18 Å². The molecule has 0 bridgehead atoms. The number of carbonyl (C=O) groups is 1. The molecular weight excluding hydrogens is 265 g/mol. The molecule has 6 heteroatoms. The van der Waals surface area contributed by atoms with Crippen molar-refractivity contribution in [3.63, 3.8) is 0 Å². The monoisotopic (exact) mass is 281 g/mol. The Bertz CT molecular complexity index is 502. The summed E-state index contributed by atoms with van der Waals surface area (Å²) in [5.74, 6) is -0.135. The number of ether oxygens (including phenoxy) is 2. The molecule has 1 fully saturated rings. The highest BCUT2D eigenvalue weighted by atomic mass is 19.1. The lowest BCUT2D eigenvalue weighted by atomic mass is 10.0. The van der Waals surface area contributed by atoms with E-state index in [1.807, 2.05) is 0 Å². The molecule has 2 atom stereocenters. The number of benzene rings is 1. The summed E-state index contributed by atoms with van der Waals surface area (Å²) in [4.78, 5) is 10.8. The van der Waals surface area contributed by atoms with E-state index in [1.165, 1.54) is 12.1 Å². The van der Waals surface area contributed by atoms with Gasteiger partial charge in [-0.25, -0.2) is 9.18 Å². The second kappa shape index (κ2) is 6.38. The van der Waals surface area contributed by atoms with Crippen LogP contribution in [0.5, 0.6) is 5.75 Å². The number of halogens is 1. The van der Waals surface area contributed by atoms with Crippen molar-refractivity contribution in [2.75, 3.05) is 13.2 Å². The van der Waals surface area contributed by atoms with E-state index in [0.29, 0.717) is 24.3 Å². The molecule has 0 aliphatic carbocycles. The molecule has 5 nitrogen and oxygen atoms in total. The molecule has 2 N–H and O–H groups in total. The van der Waals surface area contributed by atoms with Gasteiger partial charge in [0.25, 0.3) is 0 Å². The predicted octanol–water partition coefficient (Wildman–Crippen LogP) is 2.49. The van der Waals surface area contributed by atoms with Crippen molar-refractivity contribution in [1.82, 2.24) is 5.32 Å². The predicted molar refractivity (Wildman–Crippen MR) is 70.4 cm³/mol. The Morgan fingerprint density at radius 3 is 3.00 bits per heavy atom. The number of amides is 1. The number of nitrogens with one attached hydrogen (secondary N) is 1. The highest BCUT2D eigenvalue weighted by molar-refractivity contribution is 5.65. The molecule has 2 rings (SSSR count). The number of hydrogen-bond donors (Lipinski definition) is 2. The minimum absolute atomic E-state index is 0.0210. The zero-order chi connectivity index (χ0) is 14.5. The molecule has 0 saturated carbocycles. The lowest BCUT2D eigenvalue weighted by Crippen LogP contribution is -2.28. The van der Waals surface area contributed by atoms with Crippen LogP contribution >= 0.6 is 0 Å². The first-order valence-corrected chi connectivity index (χ1v) is 6.23. The van der Waals surface area contributed by atoms with Crippen LogP contribution in [0.15, 0.2) is 30.9 Å². The fraction of sp³-hybridized carbons (Fsp3) is 0.357. The minimum atomic E-state index is -1.16. The van der Waals surface area contributed by atoms with Crippen LogP contribution in [-0.4, -0.2) is 30.5 Å². The molecule has 108 valence electrons. The summed E-state index contributed by atoms with van der Waals surface area (Å²) < 4.78 is 24.0. The Hall–Kier alpha value is -2.08. The molecule has 1 aromatic rings. The normalized spacial score (nSPS) is 18.1. The molecule has 20 heavy (non-hydrogen) atoms. The van der Waals surface area contributed by atoms with Crippen LogP contribution in [0.3, 0.4) is 0 Å². The van der Waals surface area contributed by atoms with Crippen molar-refractivity contribution in [3.8, 4) is 5.75 Å². The fourth-order valence-electron chi connectivity index (χ4n) is 1.92. The summed E-state index contributed by atoms with van der Waals surface area (Å²) in [6.07, 6.45) is 0.882. The van der Waals surface area contributed by atoms with Crippen LogP contribution < -0.4 is 10.1 Å². The van der Waals surface area contributed by atoms with Gasteiger partial charge in [0, 0.05) is 12.5 Å². The SMILES string of the molecule is C=CCOc1cc(F)cc(C(C[C@H]2CO2)NC(=O)O)c1. The Morgan fingerprint density at radius 1 is 1.65 bits per heavy atom. The lowest BCUT2D eigenvalue weighted by Gasteiger charge is -2.17. The molecule has 1 saturated heterocycles. The van der Waals surface area contributed by atoms with Crippen LogP contribution in [0.25, 0.3) is 0 Å². The summed E-state index contributed by atoms with van der Waals surface area (Å²) in [7, 11) is 0. The standard InChI is InChI=1S/C14H16FNO4/c1-2-3-19-11-5-9(4-10(15)6-11)13(16-14(17)18)7-12-8-20-12/h2,4-6,12-13,16H,1,3,7-8H2,(H,17,18)/t12-,13?/m0/s1. The van der Waals surface area contributed by atoms with Crippen LogP contribution in [0.2, 0.25) is 0 Å². The van der Waals surface area contributed by atoms with E-state index >= 15 is 0 Å². The van der Waals surface area contributed by atoms with Gasteiger partial charge in [-0.1, -0.05) is 12.7 Å². The first kappa shape index (κ1) is 14.3. The lowest BCUT2D eigenvalue weighted by molar-refractivity contribution is 0.188. The second-order valence-corrected chi connectivity index (χ2v) is 4.51. The van der Waals surface area contributed by atoms with Crippen molar-refractivity contribution in [1.29, 1.82) is 0 Å². The van der Waals surface area contributed by atoms with Gasteiger partial charge in [-0.15, -0.1) is 0 Å². The van der Waals surface area contributed by atoms with Crippen LogP contribution in [0.1, 0.15) is 18.0 Å². The Labute approximate surface area is 116 Å². The first-order valence-electron chi connectivity index (χ1n) is 6.23. The van der Waals surface area contributed by atoms with Gasteiger partial charge in [0.15, 0.2) is 0 Å². The van der Waals surface area contributed by atoms with Crippen molar-refractivity contribution in [3.05, 3.63) is 42.2 Å². The third kappa shape index (κ3) is 4.24. The minimum Gasteiger partial charge on any atom is -0.489 e. The van der Waals surface area contributed by atoms with Gasteiger partial charge in [-0.2, -0.15) is 0 Å². The van der Waals surface area contributed by atoms with Crippen LogP contribution in [-0.2, 0) is 4.74 Å². The highest BCUT2D eigenvalue weighted by Crippen LogP contribution is 2.28. The molecule has 1 unspecified atom stereocenters. The molecule has 1 amide bonds. The molecule has 0 radical (unpaired) electrons. The quantitative estimate of drug-likeness (QED) is 0.595. The van der Waals surface area contributed by atoms with E-state index in [2.05, 4.69) is 11.9 Å². The maximum atomic E-state index is 13.6. The Kier molecular flexibility index (Phi) is 4.57. The maximum absolute atomic E-state index is 13.6. The Morgan fingerprint density at radius 2 is 2.40 bits per heavy atom. The van der Waals surface area contributed by atoms with E-state index in [0.717, 1.165) is 0 Å². The molecule has 1 heterocycles. The average molecular weight is 281 g/mol. The molecule has 1 aliphatic heterocycles. The van der Waals surface area contributed by atoms with Gasteiger partial charge < -0.3 is 19.9 Å². The van der Waals surface area contributed by atoms with Gasteiger partial charge in [0.05, 0.1) is 18.8 Å². The summed E-state index contributed by atoms with van der Waals surface area (Å²) in [6.45, 7) is 4.38. The van der Waals surface area contributed by atoms with E-state index in [-0.39, 0.29) is 12.7 Å². The van der Waals surface area contributed by atoms with Gasteiger partial charge in [-0.05, 0) is 17.7 Å². The van der Waals surface area contributed by atoms with E-state index < -0.39 is 18.0 Å². The zero-order valence-corrected chi connectivity index (χ0v) is 10.8. The van der Waals surface area contributed by atoms with E-state index in [1.54, 1.807) is 12.1 Å².